The number of aromatic nitrogens is 1. The Labute approximate surface area is 106 Å². The second-order valence-electron chi connectivity index (χ2n) is 5.41. The lowest BCUT2D eigenvalue weighted by Gasteiger charge is -2.37. The summed E-state index contributed by atoms with van der Waals surface area (Å²) in [6.07, 6.45) is 7.36. The van der Waals surface area contributed by atoms with Crippen molar-refractivity contribution in [3.63, 3.8) is 0 Å². The lowest BCUT2D eigenvalue weighted by Crippen LogP contribution is -2.38. The van der Waals surface area contributed by atoms with Crippen LogP contribution in [0.5, 0.6) is 0 Å². The highest BCUT2D eigenvalue weighted by atomic mass is 19.1. The van der Waals surface area contributed by atoms with Crippen molar-refractivity contribution in [3.05, 3.63) is 35.8 Å². The van der Waals surface area contributed by atoms with Gasteiger partial charge < -0.3 is 10.7 Å². The molecular weight excluding hydrogens is 227 g/mol. The average molecular weight is 246 g/mol. The Morgan fingerprint density at radius 2 is 1.94 bits per heavy atom. The van der Waals surface area contributed by atoms with Gasteiger partial charge in [-0.2, -0.15) is 0 Å². The monoisotopic (exact) mass is 246 g/mol. The SMILES string of the molecule is NCC1(c2ccc3[nH]ccc3c2F)CCCCC1. The molecule has 0 aliphatic heterocycles. The summed E-state index contributed by atoms with van der Waals surface area (Å²) in [6.45, 7) is 0.542. The number of halogens is 1. The van der Waals surface area contributed by atoms with Crippen LogP contribution in [0.25, 0.3) is 10.9 Å². The average Bonchev–Trinajstić information content (AvgIpc) is 2.89. The fraction of sp³-hybridized carbons (Fsp3) is 0.467. The molecule has 3 rings (SSSR count). The maximum absolute atomic E-state index is 14.6. The fourth-order valence-corrected chi connectivity index (χ4v) is 3.32. The minimum Gasteiger partial charge on any atom is -0.361 e. The third-order valence-electron chi connectivity index (χ3n) is 4.44. The molecule has 0 saturated heterocycles. The quantitative estimate of drug-likeness (QED) is 0.837. The second-order valence-corrected chi connectivity index (χ2v) is 5.41. The van der Waals surface area contributed by atoms with Crippen molar-refractivity contribution in [3.8, 4) is 0 Å². The van der Waals surface area contributed by atoms with Gasteiger partial charge in [0.15, 0.2) is 0 Å². The number of nitrogens with one attached hydrogen (secondary N) is 1. The summed E-state index contributed by atoms with van der Waals surface area (Å²) in [5, 5.41) is 0.686. The number of hydrogen-bond donors (Lipinski definition) is 2. The molecule has 1 heterocycles. The van der Waals surface area contributed by atoms with E-state index in [1.54, 1.807) is 12.3 Å². The van der Waals surface area contributed by atoms with Gasteiger partial charge in [-0.1, -0.05) is 25.3 Å². The van der Waals surface area contributed by atoms with Crippen LogP contribution < -0.4 is 5.73 Å². The van der Waals surface area contributed by atoms with Gasteiger partial charge in [-0.25, -0.2) is 4.39 Å². The fourth-order valence-electron chi connectivity index (χ4n) is 3.32. The Bertz CT molecular complexity index is 553. The van der Waals surface area contributed by atoms with E-state index in [0.717, 1.165) is 36.8 Å². The largest absolute Gasteiger partial charge is 0.361 e. The van der Waals surface area contributed by atoms with E-state index in [0.29, 0.717) is 11.9 Å². The summed E-state index contributed by atoms with van der Waals surface area (Å²) in [4.78, 5) is 3.05. The smallest absolute Gasteiger partial charge is 0.136 e. The van der Waals surface area contributed by atoms with Crippen LogP contribution in [-0.2, 0) is 5.41 Å². The molecule has 0 amide bonds. The standard InChI is InChI=1S/C15H19FN2/c16-14-11-6-9-18-13(11)5-4-12(14)15(10-17)7-2-1-3-8-15/h4-6,9,18H,1-3,7-8,10,17H2. The number of H-pyrrole nitrogens is 1. The Balaban J connectivity index is 2.14. The van der Waals surface area contributed by atoms with Crippen molar-refractivity contribution in [2.75, 3.05) is 6.54 Å². The first-order valence-electron chi connectivity index (χ1n) is 6.73. The van der Waals surface area contributed by atoms with E-state index >= 15 is 0 Å². The topological polar surface area (TPSA) is 41.8 Å². The van der Waals surface area contributed by atoms with Crippen LogP contribution in [0.3, 0.4) is 0 Å². The summed E-state index contributed by atoms with van der Waals surface area (Å²) >= 11 is 0. The molecule has 1 aromatic carbocycles. The van der Waals surface area contributed by atoms with Crippen LogP contribution in [-0.4, -0.2) is 11.5 Å². The minimum atomic E-state index is -0.145. The van der Waals surface area contributed by atoms with Crippen molar-refractivity contribution in [1.29, 1.82) is 0 Å². The molecule has 1 fully saturated rings. The van der Waals surface area contributed by atoms with Crippen LogP contribution in [0.4, 0.5) is 4.39 Å². The Kier molecular flexibility index (Phi) is 2.86. The molecule has 3 heteroatoms. The molecule has 0 unspecified atom stereocenters. The molecule has 2 nitrogen and oxygen atoms in total. The zero-order valence-electron chi connectivity index (χ0n) is 10.5. The van der Waals surface area contributed by atoms with Gasteiger partial charge in [0.25, 0.3) is 0 Å². The first-order valence-corrected chi connectivity index (χ1v) is 6.73. The van der Waals surface area contributed by atoms with Gasteiger partial charge >= 0.3 is 0 Å². The molecular formula is C15H19FN2. The molecule has 1 aliphatic rings. The minimum absolute atomic E-state index is 0.0823. The van der Waals surface area contributed by atoms with Gasteiger partial charge in [-0.15, -0.1) is 0 Å². The van der Waals surface area contributed by atoms with E-state index in [9.17, 15) is 4.39 Å². The number of rotatable bonds is 2. The van der Waals surface area contributed by atoms with Crippen molar-refractivity contribution in [2.24, 2.45) is 5.73 Å². The molecule has 0 bridgehead atoms. The molecule has 0 atom stereocenters. The summed E-state index contributed by atoms with van der Waals surface area (Å²) in [7, 11) is 0. The van der Waals surface area contributed by atoms with E-state index in [2.05, 4.69) is 4.98 Å². The Morgan fingerprint density at radius 3 is 2.67 bits per heavy atom. The molecule has 2 aromatic rings. The molecule has 18 heavy (non-hydrogen) atoms. The molecule has 1 aromatic heterocycles. The maximum atomic E-state index is 14.6. The lowest BCUT2D eigenvalue weighted by atomic mass is 9.69. The summed E-state index contributed by atoms with van der Waals surface area (Å²) < 4.78 is 14.6. The van der Waals surface area contributed by atoms with Gasteiger partial charge in [0.2, 0.25) is 0 Å². The van der Waals surface area contributed by atoms with E-state index in [1.807, 2.05) is 12.1 Å². The van der Waals surface area contributed by atoms with Gasteiger partial charge in [0.05, 0.1) is 0 Å². The van der Waals surface area contributed by atoms with E-state index in [4.69, 9.17) is 5.73 Å². The van der Waals surface area contributed by atoms with Crippen molar-refractivity contribution in [1.82, 2.24) is 4.98 Å². The van der Waals surface area contributed by atoms with Crippen molar-refractivity contribution in [2.45, 2.75) is 37.5 Å². The molecule has 96 valence electrons. The van der Waals surface area contributed by atoms with Gasteiger partial charge in [-0.3, -0.25) is 0 Å². The highest BCUT2D eigenvalue weighted by Crippen LogP contribution is 2.41. The van der Waals surface area contributed by atoms with Crippen LogP contribution in [0.2, 0.25) is 0 Å². The van der Waals surface area contributed by atoms with Crippen LogP contribution in [0.1, 0.15) is 37.7 Å². The predicted octanol–water partition coefficient (Wildman–Crippen LogP) is 3.47. The van der Waals surface area contributed by atoms with Gasteiger partial charge in [0, 0.05) is 29.1 Å². The van der Waals surface area contributed by atoms with Crippen molar-refractivity contribution < 1.29 is 4.39 Å². The van der Waals surface area contributed by atoms with Crippen molar-refractivity contribution >= 4 is 10.9 Å². The first kappa shape index (κ1) is 11.7. The second kappa shape index (κ2) is 4.39. The zero-order valence-corrected chi connectivity index (χ0v) is 10.5. The molecule has 3 N–H and O–H groups in total. The molecule has 0 spiro atoms. The van der Waals surface area contributed by atoms with Gasteiger partial charge in [0.1, 0.15) is 5.82 Å². The third kappa shape index (κ3) is 1.65. The maximum Gasteiger partial charge on any atom is 0.136 e. The van der Waals surface area contributed by atoms with E-state index < -0.39 is 0 Å². The highest BCUT2D eigenvalue weighted by molar-refractivity contribution is 5.81. The number of aromatic amines is 1. The molecule has 0 radical (unpaired) electrons. The Hall–Kier alpha value is -1.35. The summed E-state index contributed by atoms with van der Waals surface area (Å²) in [5.74, 6) is -0.0823. The Morgan fingerprint density at radius 1 is 1.17 bits per heavy atom. The zero-order chi connectivity index (χ0) is 12.6. The van der Waals surface area contributed by atoms with E-state index in [-0.39, 0.29) is 11.2 Å². The van der Waals surface area contributed by atoms with E-state index in [1.165, 1.54) is 6.42 Å². The number of nitrogens with two attached hydrogens (primary N) is 1. The molecule has 1 saturated carbocycles. The first-order chi connectivity index (χ1) is 8.77. The van der Waals surface area contributed by atoms with Crippen LogP contribution in [0.15, 0.2) is 24.4 Å². The number of fused-ring (bicyclic) bond motifs is 1. The summed E-state index contributed by atoms with van der Waals surface area (Å²) in [6, 6.07) is 5.70. The normalized spacial score (nSPS) is 19.2. The summed E-state index contributed by atoms with van der Waals surface area (Å²) in [5.41, 5.74) is 7.52. The third-order valence-corrected chi connectivity index (χ3v) is 4.44. The van der Waals surface area contributed by atoms with Crippen LogP contribution in [0, 0.1) is 5.82 Å². The lowest BCUT2D eigenvalue weighted by molar-refractivity contribution is 0.292. The van der Waals surface area contributed by atoms with Gasteiger partial charge in [-0.05, 0) is 30.5 Å². The predicted molar refractivity (Wildman–Crippen MR) is 72.1 cm³/mol. The molecule has 1 aliphatic carbocycles. The highest BCUT2D eigenvalue weighted by Gasteiger charge is 2.35. The number of benzene rings is 1. The number of hydrogen-bond acceptors (Lipinski definition) is 1. The van der Waals surface area contributed by atoms with Crippen LogP contribution >= 0.6 is 0 Å².